The summed E-state index contributed by atoms with van der Waals surface area (Å²) in [5, 5.41) is 11.6. The van der Waals surface area contributed by atoms with E-state index in [1.54, 1.807) is 0 Å². The summed E-state index contributed by atoms with van der Waals surface area (Å²) in [6.45, 7) is 2.26. The molecule has 0 aliphatic rings. The fourth-order valence-electron chi connectivity index (χ4n) is 2.54. The number of benzene rings is 1. The lowest BCUT2D eigenvalue weighted by Gasteiger charge is -2.04. The summed E-state index contributed by atoms with van der Waals surface area (Å²) < 4.78 is 0. The number of nitrogens with zero attached hydrogens (tertiary/aromatic N) is 1. The Bertz CT molecular complexity index is 398. The normalized spacial score (nSPS) is 11.8. The molecule has 0 saturated carbocycles. The van der Waals surface area contributed by atoms with Crippen LogP contribution < -0.4 is 5.73 Å². The minimum absolute atomic E-state index is 0.171. The highest BCUT2D eigenvalue weighted by Crippen LogP contribution is 2.12. The predicted molar refractivity (Wildman–Crippen MR) is 89.9 cm³/mol. The van der Waals surface area contributed by atoms with Crippen molar-refractivity contribution >= 4 is 5.84 Å². The van der Waals surface area contributed by atoms with Crippen LogP contribution in [0.4, 0.5) is 0 Å². The van der Waals surface area contributed by atoms with Gasteiger partial charge < -0.3 is 10.9 Å². The zero-order valence-electron chi connectivity index (χ0n) is 13.4. The van der Waals surface area contributed by atoms with Crippen molar-refractivity contribution < 1.29 is 5.21 Å². The highest BCUT2D eigenvalue weighted by atomic mass is 16.4. The van der Waals surface area contributed by atoms with Crippen molar-refractivity contribution in [2.45, 2.75) is 71.1 Å². The van der Waals surface area contributed by atoms with Gasteiger partial charge in [-0.25, -0.2) is 0 Å². The Morgan fingerprint density at radius 2 is 1.43 bits per heavy atom. The van der Waals surface area contributed by atoms with E-state index in [2.05, 4.69) is 24.2 Å². The first kappa shape index (κ1) is 17.5. The highest BCUT2D eigenvalue weighted by Gasteiger charge is 1.99. The molecule has 0 bridgehead atoms. The molecular formula is C18H30N2O. The molecule has 0 saturated heterocycles. The average Bonchev–Trinajstić information content (AvgIpc) is 2.53. The Kier molecular flexibility index (Phi) is 9.34. The largest absolute Gasteiger partial charge is 0.409 e. The van der Waals surface area contributed by atoms with Crippen LogP contribution >= 0.6 is 0 Å². The topological polar surface area (TPSA) is 58.6 Å². The van der Waals surface area contributed by atoms with Gasteiger partial charge in [0, 0.05) is 5.56 Å². The molecule has 0 heterocycles. The number of nitrogens with two attached hydrogens (primary N) is 1. The third-order valence-corrected chi connectivity index (χ3v) is 3.93. The van der Waals surface area contributed by atoms with Crippen molar-refractivity contribution in [1.29, 1.82) is 0 Å². The molecule has 3 N–H and O–H groups in total. The van der Waals surface area contributed by atoms with E-state index in [0.717, 1.165) is 12.0 Å². The first-order valence-corrected chi connectivity index (χ1v) is 8.34. The van der Waals surface area contributed by atoms with Crippen molar-refractivity contribution in [1.82, 2.24) is 0 Å². The lowest BCUT2D eigenvalue weighted by atomic mass is 10.0. The van der Waals surface area contributed by atoms with Crippen LogP contribution in [0.1, 0.15) is 75.8 Å². The third-order valence-electron chi connectivity index (χ3n) is 3.93. The molecule has 1 aromatic rings. The van der Waals surface area contributed by atoms with Crippen LogP contribution in [0.3, 0.4) is 0 Å². The van der Waals surface area contributed by atoms with Crippen molar-refractivity contribution in [3.8, 4) is 0 Å². The smallest absolute Gasteiger partial charge is 0.170 e. The maximum absolute atomic E-state index is 8.61. The van der Waals surface area contributed by atoms with E-state index in [-0.39, 0.29) is 5.84 Å². The van der Waals surface area contributed by atoms with E-state index in [1.165, 1.54) is 63.4 Å². The van der Waals surface area contributed by atoms with Crippen LogP contribution in [0.15, 0.2) is 29.4 Å². The van der Waals surface area contributed by atoms with Gasteiger partial charge in [-0.3, -0.25) is 0 Å². The lowest BCUT2D eigenvalue weighted by molar-refractivity contribution is 0.318. The number of hydrogen-bond acceptors (Lipinski definition) is 2. The molecule has 3 nitrogen and oxygen atoms in total. The van der Waals surface area contributed by atoms with Gasteiger partial charge in [-0.15, -0.1) is 0 Å². The number of rotatable bonds is 11. The molecule has 0 aliphatic heterocycles. The van der Waals surface area contributed by atoms with Crippen molar-refractivity contribution in [2.24, 2.45) is 10.9 Å². The first-order chi connectivity index (χ1) is 10.3. The summed E-state index contributed by atoms with van der Waals surface area (Å²) in [6, 6.07) is 7.96. The molecule has 21 heavy (non-hydrogen) atoms. The maximum atomic E-state index is 8.61. The van der Waals surface area contributed by atoms with Gasteiger partial charge in [0.15, 0.2) is 5.84 Å². The molecule has 0 radical (unpaired) electrons. The van der Waals surface area contributed by atoms with Gasteiger partial charge in [-0.1, -0.05) is 87.7 Å². The molecular weight excluding hydrogens is 260 g/mol. The van der Waals surface area contributed by atoms with Gasteiger partial charge in [0.05, 0.1) is 0 Å². The van der Waals surface area contributed by atoms with Gasteiger partial charge in [0.2, 0.25) is 0 Å². The van der Waals surface area contributed by atoms with Gasteiger partial charge in [0.1, 0.15) is 0 Å². The number of oxime groups is 1. The van der Waals surface area contributed by atoms with Gasteiger partial charge in [0.25, 0.3) is 0 Å². The summed E-state index contributed by atoms with van der Waals surface area (Å²) in [4.78, 5) is 0. The van der Waals surface area contributed by atoms with Crippen molar-refractivity contribution in [3.63, 3.8) is 0 Å². The van der Waals surface area contributed by atoms with E-state index < -0.39 is 0 Å². The Morgan fingerprint density at radius 3 is 1.95 bits per heavy atom. The minimum Gasteiger partial charge on any atom is -0.409 e. The Labute approximate surface area is 129 Å². The van der Waals surface area contributed by atoms with E-state index in [0.29, 0.717) is 0 Å². The fourth-order valence-corrected chi connectivity index (χ4v) is 2.54. The number of hydrogen-bond donors (Lipinski definition) is 2. The van der Waals surface area contributed by atoms with E-state index in [4.69, 9.17) is 10.9 Å². The summed E-state index contributed by atoms with van der Waals surface area (Å²) in [5.74, 6) is 0.171. The van der Waals surface area contributed by atoms with E-state index in [9.17, 15) is 0 Å². The standard InChI is InChI=1S/C18H30N2O/c1-2-3-4-5-6-7-8-9-10-11-16-12-14-17(15-13-16)18(19)20-21/h12-15,21H,2-11H2,1H3,(H2,19,20). The molecule has 0 fully saturated rings. The molecule has 0 spiro atoms. The first-order valence-electron chi connectivity index (χ1n) is 8.34. The van der Waals surface area contributed by atoms with Crippen LogP contribution in [-0.2, 0) is 6.42 Å². The molecule has 1 rings (SSSR count). The third kappa shape index (κ3) is 7.74. The zero-order chi connectivity index (χ0) is 15.3. The average molecular weight is 290 g/mol. The molecule has 118 valence electrons. The number of aryl methyl sites for hydroxylation is 1. The monoisotopic (exact) mass is 290 g/mol. The molecule has 0 aromatic heterocycles. The van der Waals surface area contributed by atoms with Gasteiger partial charge >= 0.3 is 0 Å². The van der Waals surface area contributed by atoms with Gasteiger partial charge in [-0.2, -0.15) is 0 Å². The summed E-state index contributed by atoms with van der Waals surface area (Å²) in [6.07, 6.45) is 13.3. The molecule has 0 aliphatic carbocycles. The maximum Gasteiger partial charge on any atom is 0.170 e. The van der Waals surface area contributed by atoms with Gasteiger partial charge in [-0.05, 0) is 18.4 Å². The Hall–Kier alpha value is -1.51. The second-order valence-corrected chi connectivity index (χ2v) is 5.76. The van der Waals surface area contributed by atoms with Crippen LogP contribution in [-0.4, -0.2) is 11.0 Å². The van der Waals surface area contributed by atoms with Crippen molar-refractivity contribution in [3.05, 3.63) is 35.4 Å². The van der Waals surface area contributed by atoms with Crippen LogP contribution in [0.25, 0.3) is 0 Å². The van der Waals surface area contributed by atoms with Crippen LogP contribution in [0, 0.1) is 0 Å². The summed E-state index contributed by atoms with van der Waals surface area (Å²) in [7, 11) is 0. The Morgan fingerprint density at radius 1 is 0.905 bits per heavy atom. The van der Waals surface area contributed by atoms with Crippen LogP contribution in [0.5, 0.6) is 0 Å². The molecule has 0 amide bonds. The molecule has 0 atom stereocenters. The highest BCUT2D eigenvalue weighted by molar-refractivity contribution is 5.96. The summed E-state index contributed by atoms with van der Waals surface area (Å²) >= 11 is 0. The van der Waals surface area contributed by atoms with E-state index >= 15 is 0 Å². The minimum atomic E-state index is 0.171. The van der Waals surface area contributed by atoms with Crippen molar-refractivity contribution in [2.75, 3.05) is 0 Å². The SMILES string of the molecule is CCCCCCCCCCCc1ccc(/C(N)=N/O)cc1. The second-order valence-electron chi connectivity index (χ2n) is 5.76. The quantitative estimate of drug-likeness (QED) is 0.201. The second kappa shape index (κ2) is 11.2. The Balaban J connectivity index is 2.08. The molecule has 0 unspecified atom stereocenters. The number of unbranched alkanes of at least 4 members (excludes halogenated alkanes) is 8. The molecule has 1 aromatic carbocycles. The van der Waals surface area contributed by atoms with Crippen LogP contribution in [0.2, 0.25) is 0 Å². The fraction of sp³-hybridized carbons (Fsp3) is 0.611. The number of amidine groups is 1. The van der Waals surface area contributed by atoms with E-state index in [1.807, 2.05) is 12.1 Å². The summed E-state index contributed by atoms with van der Waals surface area (Å²) in [5.41, 5.74) is 7.64. The zero-order valence-corrected chi connectivity index (χ0v) is 13.4. The lowest BCUT2D eigenvalue weighted by Crippen LogP contribution is -2.12. The molecule has 3 heteroatoms. The predicted octanol–water partition coefficient (Wildman–Crippen LogP) is 4.85.